The fourth-order valence-electron chi connectivity index (χ4n) is 2.38. The zero-order valence-corrected chi connectivity index (χ0v) is 15.8. The Kier molecular flexibility index (Phi) is 5.89. The summed E-state index contributed by atoms with van der Waals surface area (Å²) in [6, 6.07) is 14.6. The zero-order valence-electron chi connectivity index (χ0n) is 15.8. The first-order valence-electron chi connectivity index (χ1n) is 8.41. The Morgan fingerprint density at radius 2 is 1.77 bits per heavy atom. The molecule has 0 aromatic heterocycles. The van der Waals surface area contributed by atoms with Crippen molar-refractivity contribution in [2.75, 3.05) is 12.4 Å². The number of amides is 1. The van der Waals surface area contributed by atoms with Gasteiger partial charge in [-0.05, 0) is 42.2 Å². The van der Waals surface area contributed by atoms with Gasteiger partial charge in [-0.1, -0.05) is 32.9 Å². The molecule has 1 unspecified atom stereocenters. The summed E-state index contributed by atoms with van der Waals surface area (Å²) < 4.78 is 10.9. The van der Waals surface area contributed by atoms with Crippen LogP contribution in [0.5, 0.6) is 11.5 Å². The van der Waals surface area contributed by atoms with E-state index in [4.69, 9.17) is 14.7 Å². The maximum Gasteiger partial charge on any atom is 0.265 e. The second-order valence-corrected chi connectivity index (χ2v) is 7.05. The van der Waals surface area contributed by atoms with Crippen LogP contribution in [-0.4, -0.2) is 19.1 Å². The van der Waals surface area contributed by atoms with Gasteiger partial charge < -0.3 is 14.8 Å². The highest BCUT2D eigenvalue weighted by Crippen LogP contribution is 2.29. The first kappa shape index (κ1) is 19.3. The monoisotopic (exact) mass is 352 g/mol. The molecule has 0 bridgehead atoms. The van der Waals surface area contributed by atoms with Crippen molar-refractivity contribution < 1.29 is 14.3 Å². The molecule has 0 fully saturated rings. The predicted octanol–water partition coefficient (Wildman–Crippen LogP) is 4.27. The van der Waals surface area contributed by atoms with Gasteiger partial charge in [-0.25, -0.2) is 0 Å². The average Bonchev–Trinajstić information content (AvgIpc) is 2.61. The van der Waals surface area contributed by atoms with Gasteiger partial charge in [0.2, 0.25) is 0 Å². The lowest BCUT2D eigenvalue weighted by atomic mass is 9.87. The highest BCUT2D eigenvalue weighted by atomic mass is 16.5. The standard InChI is InChI=1S/C21H24N2O3/c1-14(26-18-11-6-15(13-22)12-19(18)25-5)20(24)23-17-9-7-16(8-10-17)21(2,3)4/h6-12,14H,1-5H3,(H,23,24). The number of benzene rings is 2. The van der Waals surface area contributed by atoms with E-state index < -0.39 is 6.10 Å². The molecule has 2 rings (SSSR count). The van der Waals surface area contributed by atoms with Gasteiger partial charge in [0, 0.05) is 11.8 Å². The van der Waals surface area contributed by atoms with Gasteiger partial charge in [0.15, 0.2) is 17.6 Å². The Labute approximate surface area is 154 Å². The number of carbonyl (C=O) groups excluding carboxylic acids is 1. The van der Waals surface area contributed by atoms with Crippen molar-refractivity contribution in [3.63, 3.8) is 0 Å². The van der Waals surface area contributed by atoms with E-state index in [0.717, 1.165) is 0 Å². The molecule has 0 aliphatic carbocycles. The molecule has 2 aromatic rings. The van der Waals surface area contributed by atoms with E-state index in [9.17, 15) is 4.79 Å². The molecule has 1 amide bonds. The van der Waals surface area contributed by atoms with Crippen LogP contribution in [0.15, 0.2) is 42.5 Å². The molecule has 5 nitrogen and oxygen atoms in total. The summed E-state index contributed by atoms with van der Waals surface area (Å²) in [5.41, 5.74) is 2.43. The molecular formula is C21H24N2O3. The van der Waals surface area contributed by atoms with E-state index in [0.29, 0.717) is 22.7 Å². The van der Waals surface area contributed by atoms with E-state index in [-0.39, 0.29) is 11.3 Å². The molecule has 0 aliphatic heterocycles. The molecule has 0 aliphatic rings. The van der Waals surface area contributed by atoms with Gasteiger partial charge in [0.25, 0.3) is 5.91 Å². The maximum absolute atomic E-state index is 12.4. The van der Waals surface area contributed by atoms with Gasteiger partial charge in [0.05, 0.1) is 18.7 Å². The second kappa shape index (κ2) is 7.92. The second-order valence-electron chi connectivity index (χ2n) is 7.05. The normalized spacial score (nSPS) is 12.0. The van der Waals surface area contributed by atoms with Crippen molar-refractivity contribution in [2.24, 2.45) is 0 Å². The van der Waals surface area contributed by atoms with Crippen molar-refractivity contribution in [3.8, 4) is 17.6 Å². The van der Waals surface area contributed by atoms with Gasteiger partial charge in [0.1, 0.15) is 0 Å². The first-order valence-corrected chi connectivity index (χ1v) is 8.41. The summed E-state index contributed by atoms with van der Waals surface area (Å²) >= 11 is 0. The molecule has 2 aromatic carbocycles. The van der Waals surface area contributed by atoms with Crippen LogP contribution in [0, 0.1) is 11.3 Å². The molecule has 26 heavy (non-hydrogen) atoms. The van der Waals surface area contributed by atoms with E-state index >= 15 is 0 Å². The van der Waals surface area contributed by atoms with Gasteiger partial charge in [-0.3, -0.25) is 4.79 Å². The summed E-state index contributed by atoms with van der Waals surface area (Å²) in [6.07, 6.45) is -0.723. The smallest absolute Gasteiger partial charge is 0.265 e. The third-order valence-electron chi connectivity index (χ3n) is 3.98. The number of ether oxygens (including phenoxy) is 2. The van der Waals surface area contributed by atoms with Crippen LogP contribution in [-0.2, 0) is 10.2 Å². The quantitative estimate of drug-likeness (QED) is 0.872. The predicted molar refractivity (Wildman–Crippen MR) is 102 cm³/mol. The minimum absolute atomic E-state index is 0.0606. The van der Waals surface area contributed by atoms with E-state index in [1.807, 2.05) is 30.3 Å². The number of methoxy groups -OCH3 is 1. The van der Waals surface area contributed by atoms with E-state index in [1.54, 1.807) is 25.1 Å². The minimum atomic E-state index is -0.723. The van der Waals surface area contributed by atoms with Gasteiger partial charge in [-0.2, -0.15) is 5.26 Å². The largest absolute Gasteiger partial charge is 0.493 e. The number of anilines is 1. The van der Waals surface area contributed by atoms with Crippen molar-refractivity contribution in [1.29, 1.82) is 5.26 Å². The third-order valence-corrected chi connectivity index (χ3v) is 3.98. The molecular weight excluding hydrogens is 328 g/mol. The van der Waals surface area contributed by atoms with Gasteiger partial charge >= 0.3 is 0 Å². The van der Waals surface area contributed by atoms with Crippen LogP contribution in [0.25, 0.3) is 0 Å². The molecule has 0 saturated heterocycles. The van der Waals surface area contributed by atoms with E-state index in [1.165, 1.54) is 12.7 Å². The zero-order chi connectivity index (χ0) is 19.3. The Morgan fingerprint density at radius 3 is 2.31 bits per heavy atom. The molecule has 0 radical (unpaired) electrons. The highest BCUT2D eigenvalue weighted by molar-refractivity contribution is 5.94. The lowest BCUT2D eigenvalue weighted by Gasteiger charge is -2.20. The van der Waals surface area contributed by atoms with Crippen LogP contribution < -0.4 is 14.8 Å². The number of hydrogen-bond acceptors (Lipinski definition) is 4. The lowest BCUT2D eigenvalue weighted by Crippen LogP contribution is -2.30. The average molecular weight is 352 g/mol. The SMILES string of the molecule is COc1cc(C#N)ccc1OC(C)C(=O)Nc1ccc(C(C)(C)C)cc1. The van der Waals surface area contributed by atoms with Gasteiger partial charge in [-0.15, -0.1) is 0 Å². The molecule has 0 spiro atoms. The fraction of sp³-hybridized carbons (Fsp3) is 0.333. The van der Waals surface area contributed by atoms with Crippen molar-refractivity contribution >= 4 is 11.6 Å². The lowest BCUT2D eigenvalue weighted by molar-refractivity contribution is -0.122. The first-order chi connectivity index (χ1) is 12.2. The summed E-state index contributed by atoms with van der Waals surface area (Å²) in [5.74, 6) is 0.565. The van der Waals surface area contributed by atoms with Crippen LogP contribution in [0.3, 0.4) is 0 Å². The summed E-state index contributed by atoms with van der Waals surface area (Å²) in [5, 5.41) is 11.8. The molecule has 1 atom stereocenters. The van der Waals surface area contributed by atoms with Crippen LogP contribution >= 0.6 is 0 Å². The molecule has 0 saturated carbocycles. The summed E-state index contributed by atoms with van der Waals surface area (Å²) in [7, 11) is 1.49. The Bertz CT molecular complexity index is 815. The molecule has 136 valence electrons. The number of rotatable bonds is 5. The van der Waals surface area contributed by atoms with Crippen molar-refractivity contribution in [3.05, 3.63) is 53.6 Å². The third kappa shape index (κ3) is 4.76. The number of hydrogen-bond donors (Lipinski definition) is 1. The fourth-order valence-corrected chi connectivity index (χ4v) is 2.38. The number of nitrogens with one attached hydrogen (secondary N) is 1. The van der Waals surface area contributed by atoms with Crippen molar-refractivity contribution in [2.45, 2.75) is 39.2 Å². The topological polar surface area (TPSA) is 71.3 Å². The molecule has 0 heterocycles. The molecule has 1 N–H and O–H groups in total. The Balaban J connectivity index is 2.05. The van der Waals surface area contributed by atoms with Crippen molar-refractivity contribution in [1.82, 2.24) is 0 Å². The number of nitrogens with zero attached hydrogens (tertiary/aromatic N) is 1. The van der Waals surface area contributed by atoms with Crippen LogP contribution in [0.2, 0.25) is 0 Å². The number of carbonyl (C=O) groups is 1. The van der Waals surface area contributed by atoms with E-state index in [2.05, 4.69) is 26.1 Å². The minimum Gasteiger partial charge on any atom is -0.493 e. The van der Waals surface area contributed by atoms with Crippen LogP contribution in [0.1, 0.15) is 38.8 Å². The Hall–Kier alpha value is -3.00. The molecule has 5 heteroatoms. The Morgan fingerprint density at radius 1 is 1.12 bits per heavy atom. The highest BCUT2D eigenvalue weighted by Gasteiger charge is 2.18. The van der Waals surface area contributed by atoms with Crippen LogP contribution in [0.4, 0.5) is 5.69 Å². The number of nitriles is 1. The summed E-state index contributed by atoms with van der Waals surface area (Å²) in [6.45, 7) is 8.08. The summed E-state index contributed by atoms with van der Waals surface area (Å²) in [4.78, 5) is 12.4. The maximum atomic E-state index is 12.4.